The van der Waals surface area contributed by atoms with Gasteiger partial charge < -0.3 is 14.8 Å². The van der Waals surface area contributed by atoms with Crippen LogP contribution in [0.25, 0.3) is 0 Å². The van der Waals surface area contributed by atoms with Gasteiger partial charge in [-0.1, -0.05) is 20.3 Å². The van der Waals surface area contributed by atoms with Gasteiger partial charge in [0.25, 0.3) is 0 Å². The average molecular weight is 356 g/mol. The van der Waals surface area contributed by atoms with Gasteiger partial charge >= 0.3 is 0 Å². The molecule has 1 aromatic carbocycles. The number of hydrogen-bond donors (Lipinski definition) is 1. The Morgan fingerprint density at radius 2 is 2.14 bits per heavy atom. The molecular formula is C17H26BrNO2. The van der Waals surface area contributed by atoms with Crippen molar-refractivity contribution < 1.29 is 9.47 Å². The Hall–Kier alpha value is -0.740. The van der Waals surface area contributed by atoms with Crippen molar-refractivity contribution >= 4 is 15.9 Å². The molecule has 0 aliphatic heterocycles. The van der Waals surface area contributed by atoms with Crippen LogP contribution in [-0.2, 0) is 6.54 Å². The van der Waals surface area contributed by atoms with E-state index in [1.807, 2.05) is 0 Å². The maximum Gasteiger partial charge on any atom is 0.175 e. The van der Waals surface area contributed by atoms with Crippen molar-refractivity contribution in [2.24, 2.45) is 5.92 Å². The highest BCUT2D eigenvalue weighted by Gasteiger charge is 2.22. The Morgan fingerprint density at radius 1 is 1.33 bits per heavy atom. The third-order valence-corrected chi connectivity index (χ3v) is 4.76. The monoisotopic (exact) mass is 355 g/mol. The lowest BCUT2D eigenvalue weighted by Crippen LogP contribution is -2.30. The van der Waals surface area contributed by atoms with E-state index < -0.39 is 0 Å². The molecular weight excluding hydrogens is 330 g/mol. The van der Waals surface area contributed by atoms with Gasteiger partial charge in [0.05, 0.1) is 18.2 Å². The van der Waals surface area contributed by atoms with Crippen molar-refractivity contribution in [2.75, 3.05) is 13.7 Å². The van der Waals surface area contributed by atoms with Crippen LogP contribution in [0.2, 0.25) is 0 Å². The molecule has 0 spiro atoms. The van der Waals surface area contributed by atoms with Crippen LogP contribution in [0.1, 0.15) is 45.1 Å². The highest BCUT2D eigenvalue weighted by Crippen LogP contribution is 2.37. The van der Waals surface area contributed by atoms with Crippen LogP contribution in [0, 0.1) is 5.92 Å². The number of rotatable bonds is 7. The Morgan fingerprint density at radius 3 is 2.76 bits per heavy atom. The molecule has 2 atom stereocenters. The van der Waals surface area contributed by atoms with E-state index in [2.05, 4.69) is 47.2 Å². The van der Waals surface area contributed by atoms with Crippen molar-refractivity contribution in [3.63, 3.8) is 0 Å². The van der Waals surface area contributed by atoms with Crippen molar-refractivity contribution in [1.29, 1.82) is 0 Å². The van der Waals surface area contributed by atoms with Gasteiger partial charge in [0, 0.05) is 12.6 Å². The summed E-state index contributed by atoms with van der Waals surface area (Å²) in [5.74, 6) is 2.38. The number of ether oxygens (including phenoxy) is 2. The predicted molar refractivity (Wildman–Crippen MR) is 90.1 cm³/mol. The summed E-state index contributed by atoms with van der Waals surface area (Å²) in [4.78, 5) is 0. The third-order valence-electron chi connectivity index (χ3n) is 4.17. The minimum absolute atomic E-state index is 0.644. The van der Waals surface area contributed by atoms with Crippen molar-refractivity contribution in [2.45, 2.75) is 52.1 Å². The SMILES string of the molecule is CCCOc1c(Br)cc(CNC2CCCC2C)cc1OC. The minimum Gasteiger partial charge on any atom is -0.493 e. The Labute approximate surface area is 136 Å². The second-order valence-corrected chi connectivity index (χ2v) is 6.71. The standard InChI is InChI=1S/C17H26BrNO2/c1-4-8-21-17-14(18)9-13(10-16(17)20-3)11-19-15-7-5-6-12(15)2/h9-10,12,15,19H,4-8,11H2,1-3H3. The normalized spacial score (nSPS) is 21.5. The molecule has 1 saturated carbocycles. The molecule has 1 aliphatic rings. The number of methoxy groups -OCH3 is 1. The van der Waals surface area contributed by atoms with Crippen LogP contribution < -0.4 is 14.8 Å². The molecule has 2 unspecified atom stereocenters. The van der Waals surface area contributed by atoms with E-state index in [4.69, 9.17) is 9.47 Å². The number of hydrogen-bond acceptors (Lipinski definition) is 3. The fraction of sp³-hybridized carbons (Fsp3) is 0.647. The summed E-state index contributed by atoms with van der Waals surface area (Å²) >= 11 is 3.60. The largest absolute Gasteiger partial charge is 0.493 e. The van der Waals surface area contributed by atoms with Gasteiger partial charge in [0.1, 0.15) is 0 Å². The Kier molecular flexibility index (Phi) is 6.37. The summed E-state index contributed by atoms with van der Waals surface area (Å²) in [6.07, 6.45) is 4.96. The first kappa shape index (κ1) is 16.6. The number of halogens is 1. The van der Waals surface area contributed by atoms with E-state index in [9.17, 15) is 0 Å². The highest BCUT2D eigenvalue weighted by atomic mass is 79.9. The van der Waals surface area contributed by atoms with Gasteiger partial charge in [-0.25, -0.2) is 0 Å². The number of nitrogens with one attached hydrogen (secondary N) is 1. The van der Waals surface area contributed by atoms with Crippen LogP contribution in [0.4, 0.5) is 0 Å². The van der Waals surface area contributed by atoms with Crippen LogP contribution in [0.3, 0.4) is 0 Å². The van der Waals surface area contributed by atoms with Gasteiger partial charge in [0.15, 0.2) is 11.5 Å². The van der Waals surface area contributed by atoms with E-state index in [0.29, 0.717) is 12.6 Å². The van der Waals surface area contributed by atoms with Crippen molar-refractivity contribution in [1.82, 2.24) is 5.32 Å². The molecule has 118 valence electrons. The molecule has 0 aromatic heterocycles. The van der Waals surface area contributed by atoms with Crippen molar-refractivity contribution in [3.8, 4) is 11.5 Å². The van der Waals surface area contributed by atoms with Crippen molar-refractivity contribution in [3.05, 3.63) is 22.2 Å². The van der Waals surface area contributed by atoms with E-state index in [-0.39, 0.29) is 0 Å². The van der Waals surface area contributed by atoms with E-state index in [1.165, 1.54) is 24.8 Å². The lowest BCUT2D eigenvalue weighted by molar-refractivity contribution is 0.292. The summed E-state index contributed by atoms with van der Waals surface area (Å²) in [5.41, 5.74) is 1.22. The van der Waals surface area contributed by atoms with Gasteiger partial charge in [-0.05, 0) is 58.8 Å². The molecule has 0 amide bonds. The third kappa shape index (κ3) is 4.36. The summed E-state index contributed by atoms with van der Waals surface area (Å²) in [5, 5.41) is 3.67. The topological polar surface area (TPSA) is 30.5 Å². The minimum atomic E-state index is 0.644. The molecule has 0 radical (unpaired) electrons. The fourth-order valence-electron chi connectivity index (χ4n) is 2.92. The molecule has 1 N–H and O–H groups in total. The molecule has 1 fully saturated rings. The fourth-order valence-corrected chi connectivity index (χ4v) is 3.52. The molecule has 1 aliphatic carbocycles. The molecule has 21 heavy (non-hydrogen) atoms. The first-order chi connectivity index (χ1) is 10.2. The molecule has 0 saturated heterocycles. The molecule has 4 heteroatoms. The lowest BCUT2D eigenvalue weighted by Gasteiger charge is -2.19. The second kappa shape index (κ2) is 8.04. The second-order valence-electron chi connectivity index (χ2n) is 5.85. The maximum atomic E-state index is 5.77. The van der Waals surface area contributed by atoms with Crippen LogP contribution in [0.15, 0.2) is 16.6 Å². The zero-order chi connectivity index (χ0) is 15.2. The number of benzene rings is 1. The van der Waals surface area contributed by atoms with Gasteiger partial charge in [-0.15, -0.1) is 0 Å². The molecule has 3 nitrogen and oxygen atoms in total. The van der Waals surface area contributed by atoms with Crippen LogP contribution >= 0.6 is 15.9 Å². The van der Waals surface area contributed by atoms with Crippen LogP contribution in [0.5, 0.6) is 11.5 Å². The Bertz CT molecular complexity index is 464. The summed E-state index contributed by atoms with van der Waals surface area (Å²) < 4.78 is 12.2. The molecule has 0 heterocycles. The van der Waals surface area contributed by atoms with E-state index >= 15 is 0 Å². The molecule has 2 rings (SSSR count). The first-order valence-corrected chi connectivity index (χ1v) is 8.67. The average Bonchev–Trinajstić information content (AvgIpc) is 2.88. The van der Waals surface area contributed by atoms with E-state index in [0.717, 1.165) is 34.9 Å². The molecule has 0 bridgehead atoms. The lowest BCUT2D eigenvalue weighted by atomic mass is 10.1. The van der Waals surface area contributed by atoms with E-state index in [1.54, 1.807) is 7.11 Å². The van der Waals surface area contributed by atoms with Gasteiger partial charge in [0.2, 0.25) is 0 Å². The predicted octanol–water partition coefficient (Wildman–Crippen LogP) is 4.52. The van der Waals surface area contributed by atoms with Gasteiger partial charge in [-0.2, -0.15) is 0 Å². The van der Waals surface area contributed by atoms with Crippen LogP contribution in [-0.4, -0.2) is 19.8 Å². The highest BCUT2D eigenvalue weighted by molar-refractivity contribution is 9.10. The quantitative estimate of drug-likeness (QED) is 0.779. The zero-order valence-corrected chi connectivity index (χ0v) is 14.8. The van der Waals surface area contributed by atoms with Gasteiger partial charge in [-0.3, -0.25) is 0 Å². The molecule has 1 aromatic rings. The summed E-state index contributed by atoms with van der Waals surface area (Å²) in [7, 11) is 1.69. The first-order valence-electron chi connectivity index (χ1n) is 7.88. The zero-order valence-electron chi connectivity index (χ0n) is 13.2. The summed E-state index contributed by atoms with van der Waals surface area (Å²) in [6, 6.07) is 4.84. The summed E-state index contributed by atoms with van der Waals surface area (Å²) in [6.45, 7) is 6.01. The maximum absolute atomic E-state index is 5.77. The Balaban J connectivity index is 2.04. The smallest absolute Gasteiger partial charge is 0.175 e.